The summed E-state index contributed by atoms with van der Waals surface area (Å²) in [6.07, 6.45) is 2.80. The first-order valence-electron chi connectivity index (χ1n) is 6.88. The summed E-state index contributed by atoms with van der Waals surface area (Å²) in [6.45, 7) is 4.08. The predicted molar refractivity (Wildman–Crippen MR) is 87.2 cm³/mol. The maximum atomic E-state index is 9.22. The second-order valence-corrected chi connectivity index (χ2v) is 5.21. The number of benzene rings is 2. The Morgan fingerprint density at radius 2 is 1.95 bits per heavy atom. The van der Waals surface area contributed by atoms with Crippen molar-refractivity contribution < 1.29 is 9.84 Å². The molecule has 21 heavy (non-hydrogen) atoms. The molecular formula is C17H18ClNO2. The van der Waals surface area contributed by atoms with Crippen molar-refractivity contribution >= 4 is 23.5 Å². The quantitative estimate of drug-likeness (QED) is 0.792. The van der Waals surface area contributed by atoms with Gasteiger partial charge >= 0.3 is 0 Å². The normalized spacial score (nSPS) is 12.5. The first-order valence-corrected chi connectivity index (χ1v) is 7.25. The lowest BCUT2D eigenvalue weighted by atomic mass is 10.2. The fourth-order valence-electron chi connectivity index (χ4n) is 1.68. The zero-order valence-electron chi connectivity index (χ0n) is 12.1. The summed E-state index contributed by atoms with van der Waals surface area (Å²) in [7, 11) is 0. The van der Waals surface area contributed by atoms with Crippen LogP contribution in [0.1, 0.15) is 25.8 Å². The SMILES string of the molecule is CC[C@@H](C)Oc1ccc(C=Nc2ccc(O)cc2)cc1Cl. The van der Waals surface area contributed by atoms with Crippen molar-refractivity contribution in [2.75, 3.05) is 0 Å². The van der Waals surface area contributed by atoms with E-state index in [0.29, 0.717) is 10.8 Å². The van der Waals surface area contributed by atoms with Gasteiger partial charge in [-0.15, -0.1) is 0 Å². The van der Waals surface area contributed by atoms with Crippen LogP contribution in [0.15, 0.2) is 47.5 Å². The van der Waals surface area contributed by atoms with Crippen molar-refractivity contribution in [2.24, 2.45) is 4.99 Å². The molecule has 1 N–H and O–H groups in total. The number of phenols is 1. The molecule has 110 valence electrons. The van der Waals surface area contributed by atoms with Gasteiger partial charge in [-0.1, -0.05) is 18.5 Å². The predicted octanol–water partition coefficient (Wildman–Crippen LogP) is 4.97. The van der Waals surface area contributed by atoms with Crippen molar-refractivity contribution in [3.8, 4) is 11.5 Å². The van der Waals surface area contributed by atoms with E-state index in [-0.39, 0.29) is 11.9 Å². The summed E-state index contributed by atoms with van der Waals surface area (Å²) in [5, 5.41) is 9.79. The Bertz CT molecular complexity index is 623. The molecule has 2 aromatic carbocycles. The van der Waals surface area contributed by atoms with Crippen molar-refractivity contribution in [1.29, 1.82) is 0 Å². The largest absolute Gasteiger partial charge is 0.508 e. The molecule has 0 unspecified atom stereocenters. The molecular weight excluding hydrogens is 286 g/mol. The van der Waals surface area contributed by atoms with Crippen LogP contribution in [0.5, 0.6) is 11.5 Å². The Balaban J connectivity index is 2.11. The fraction of sp³-hybridized carbons (Fsp3) is 0.235. The standard InChI is InChI=1S/C17H18ClNO2/c1-3-12(2)21-17-9-4-13(10-16(17)18)11-19-14-5-7-15(20)8-6-14/h4-12,20H,3H2,1-2H3/t12-/m1/s1. The Labute approximate surface area is 129 Å². The van der Waals surface area contributed by atoms with Gasteiger partial charge < -0.3 is 9.84 Å². The third-order valence-corrected chi connectivity index (χ3v) is 3.37. The molecule has 0 radical (unpaired) electrons. The molecule has 0 spiro atoms. The highest BCUT2D eigenvalue weighted by Gasteiger charge is 2.06. The molecule has 3 nitrogen and oxygen atoms in total. The van der Waals surface area contributed by atoms with Gasteiger partial charge in [0.05, 0.1) is 16.8 Å². The van der Waals surface area contributed by atoms with Crippen LogP contribution in [0.2, 0.25) is 5.02 Å². The molecule has 0 aliphatic rings. The minimum Gasteiger partial charge on any atom is -0.508 e. The van der Waals surface area contributed by atoms with E-state index in [0.717, 1.165) is 17.7 Å². The van der Waals surface area contributed by atoms with Crippen molar-refractivity contribution in [3.05, 3.63) is 53.1 Å². The molecule has 0 amide bonds. The lowest BCUT2D eigenvalue weighted by Gasteiger charge is -2.13. The average molecular weight is 304 g/mol. The number of rotatable bonds is 5. The highest BCUT2D eigenvalue weighted by molar-refractivity contribution is 6.32. The smallest absolute Gasteiger partial charge is 0.138 e. The monoisotopic (exact) mass is 303 g/mol. The molecule has 0 aliphatic heterocycles. The Morgan fingerprint density at radius 3 is 2.57 bits per heavy atom. The van der Waals surface area contributed by atoms with Gasteiger partial charge in [-0.05, 0) is 61.4 Å². The number of aromatic hydroxyl groups is 1. The lowest BCUT2D eigenvalue weighted by molar-refractivity contribution is 0.217. The number of nitrogens with zero attached hydrogens (tertiary/aromatic N) is 1. The van der Waals surface area contributed by atoms with Crippen molar-refractivity contribution in [2.45, 2.75) is 26.4 Å². The van der Waals surface area contributed by atoms with E-state index in [1.807, 2.05) is 25.1 Å². The average Bonchev–Trinajstić information content (AvgIpc) is 2.49. The zero-order chi connectivity index (χ0) is 15.2. The topological polar surface area (TPSA) is 41.8 Å². The Kier molecular flexibility index (Phi) is 5.23. The molecule has 0 heterocycles. The molecule has 0 saturated heterocycles. The van der Waals surface area contributed by atoms with Crippen molar-refractivity contribution in [1.82, 2.24) is 0 Å². The Hall–Kier alpha value is -2.00. The third kappa shape index (κ3) is 4.50. The molecule has 0 aliphatic carbocycles. The number of halogens is 1. The molecule has 2 rings (SSSR count). The molecule has 4 heteroatoms. The molecule has 1 atom stereocenters. The summed E-state index contributed by atoms with van der Waals surface area (Å²) in [5.74, 6) is 0.913. The van der Waals surface area contributed by atoms with Gasteiger partial charge in [0.25, 0.3) is 0 Å². The number of aliphatic imine (C=N–C) groups is 1. The van der Waals surface area contributed by atoms with Crippen LogP contribution < -0.4 is 4.74 Å². The van der Waals surface area contributed by atoms with E-state index < -0.39 is 0 Å². The van der Waals surface area contributed by atoms with Crippen LogP contribution in [0.25, 0.3) is 0 Å². The van der Waals surface area contributed by atoms with Gasteiger partial charge in [-0.25, -0.2) is 0 Å². The van der Waals surface area contributed by atoms with E-state index in [1.54, 1.807) is 30.5 Å². The summed E-state index contributed by atoms with van der Waals surface area (Å²) in [4.78, 5) is 4.33. The summed E-state index contributed by atoms with van der Waals surface area (Å²) in [5.41, 5.74) is 1.66. The maximum absolute atomic E-state index is 9.22. The van der Waals surface area contributed by atoms with Gasteiger partial charge in [0, 0.05) is 6.21 Å². The van der Waals surface area contributed by atoms with Crippen LogP contribution in [-0.2, 0) is 0 Å². The number of hydrogen-bond donors (Lipinski definition) is 1. The number of phenolic OH excluding ortho intramolecular Hbond substituents is 1. The summed E-state index contributed by atoms with van der Waals surface area (Å²) >= 11 is 6.21. The fourth-order valence-corrected chi connectivity index (χ4v) is 1.91. The molecule has 0 saturated carbocycles. The summed E-state index contributed by atoms with van der Waals surface area (Å²) in [6, 6.07) is 12.3. The summed E-state index contributed by atoms with van der Waals surface area (Å²) < 4.78 is 5.72. The second-order valence-electron chi connectivity index (χ2n) is 4.80. The first kappa shape index (κ1) is 15.4. The minimum atomic E-state index is 0.138. The van der Waals surface area contributed by atoms with Crippen molar-refractivity contribution in [3.63, 3.8) is 0 Å². The number of hydrogen-bond acceptors (Lipinski definition) is 3. The maximum Gasteiger partial charge on any atom is 0.138 e. The molecule has 2 aromatic rings. The van der Waals surface area contributed by atoms with Gasteiger partial charge in [0.2, 0.25) is 0 Å². The second kappa shape index (κ2) is 7.14. The van der Waals surface area contributed by atoms with Gasteiger partial charge in [0.15, 0.2) is 0 Å². The van der Waals surface area contributed by atoms with Gasteiger partial charge in [-0.2, -0.15) is 0 Å². The molecule has 0 bridgehead atoms. The van der Waals surface area contributed by atoms with Crippen LogP contribution >= 0.6 is 11.6 Å². The van der Waals surface area contributed by atoms with Crippen LogP contribution in [0, 0.1) is 0 Å². The first-order chi connectivity index (χ1) is 10.1. The highest BCUT2D eigenvalue weighted by Crippen LogP contribution is 2.26. The van der Waals surface area contributed by atoms with Gasteiger partial charge in [-0.3, -0.25) is 4.99 Å². The van der Waals surface area contributed by atoms with E-state index in [2.05, 4.69) is 11.9 Å². The molecule has 0 fully saturated rings. The number of ether oxygens (including phenoxy) is 1. The van der Waals surface area contributed by atoms with E-state index in [4.69, 9.17) is 16.3 Å². The van der Waals surface area contributed by atoms with Crippen LogP contribution in [0.4, 0.5) is 5.69 Å². The van der Waals surface area contributed by atoms with Gasteiger partial charge in [0.1, 0.15) is 11.5 Å². The highest BCUT2D eigenvalue weighted by atomic mass is 35.5. The third-order valence-electron chi connectivity index (χ3n) is 3.07. The van der Waals surface area contributed by atoms with Crippen LogP contribution in [-0.4, -0.2) is 17.4 Å². The van der Waals surface area contributed by atoms with E-state index in [9.17, 15) is 5.11 Å². The van der Waals surface area contributed by atoms with E-state index >= 15 is 0 Å². The Morgan fingerprint density at radius 1 is 1.24 bits per heavy atom. The lowest BCUT2D eigenvalue weighted by Crippen LogP contribution is -2.09. The minimum absolute atomic E-state index is 0.138. The van der Waals surface area contributed by atoms with Crippen LogP contribution in [0.3, 0.4) is 0 Å². The molecule has 0 aromatic heterocycles. The zero-order valence-corrected chi connectivity index (χ0v) is 12.8. The van der Waals surface area contributed by atoms with E-state index in [1.165, 1.54) is 0 Å².